The first-order valence-electron chi connectivity index (χ1n) is 11.9. The summed E-state index contributed by atoms with van der Waals surface area (Å²) >= 11 is 29.5. The van der Waals surface area contributed by atoms with Crippen molar-refractivity contribution in [3.8, 4) is 0 Å². The maximum atomic E-state index is 12.4. The highest BCUT2D eigenvalue weighted by Gasteiger charge is 2.34. The van der Waals surface area contributed by atoms with E-state index in [9.17, 15) is 4.79 Å². The predicted molar refractivity (Wildman–Crippen MR) is 149 cm³/mol. The van der Waals surface area contributed by atoms with Gasteiger partial charge in [-0.2, -0.15) is 0 Å². The van der Waals surface area contributed by atoms with Crippen molar-refractivity contribution in [2.24, 2.45) is 0 Å². The van der Waals surface area contributed by atoms with Gasteiger partial charge >= 0.3 is 0 Å². The number of anilines is 1. The summed E-state index contributed by atoms with van der Waals surface area (Å²) < 4.78 is -1.78. The summed E-state index contributed by atoms with van der Waals surface area (Å²) in [5.41, 5.74) is 0.613. The number of carbonyl (C=O) groups excluding carboxylic acids is 1. The highest BCUT2D eigenvalue weighted by Crippen LogP contribution is 2.29. The molecule has 9 heteroatoms. The fourth-order valence-electron chi connectivity index (χ4n) is 3.41. The van der Waals surface area contributed by atoms with Crippen LogP contribution in [0, 0.1) is 0 Å². The van der Waals surface area contributed by atoms with Crippen LogP contribution in [0.5, 0.6) is 0 Å². The molecule has 33 heavy (non-hydrogen) atoms. The number of hydrogen-bond donors (Lipinski definition) is 3. The molecule has 0 saturated carbocycles. The molecule has 1 rings (SSSR count). The first kappa shape index (κ1) is 30.6. The molecule has 188 valence electrons. The molecule has 0 aliphatic rings. The maximum absolute atomic E-state index is 12.4. The second-order valence-corrected chi connectivity index (χ2v) is 11.4. The molecule has 0 aliphatic heterocycles. The van der Waals surface area contributed by atoms with E-state index in [-0.39, 0.29) is 11.0 Å². The van der Waals surface area contributed by atoms with Crippen LogP contribution < -0.4 is 16.0 Å². The van der Waals surface area contributed by atoms with E-state index in [4.69, 9.17) is 58.6 Å². The second-order valence-electron chi connectivity index (χ2n) is 8.26. The van der Waals surface area contributed by atoms with Crippen molar-refractivity contribution >= 4 is 75.3 Å². The van der Waals surface area contributed by atoms with Gasteiger partial charge in [-0.1, -0.05) is 136 Å². The SMILES string of the molecule is CCCCCCCCCCCCCCC(=O)NC(NC(=S)Nc1ccccc1Cl)C(Cl)(Cl)Cl. The molecule has 0 aromatic heterocycles. The van der Waals surface area contributed by atoms with Crippen molar-refractivity contribution in [1.29, 1.82) is 0 Å². The lowest BCUT2D eigenvalue weighted by molar-refractivity contribution is -0.122. The lowest BCUT2D eigenvalue weighted by Crippen LogP contribution is -2.56. The van der Waals surface area contributed by atoms with E-state index in [1.165, 1.54) is 57.8 Å². The zero-order chi connectivity index (χ0) is 24.5. The Kier molecular flexibility index (Phi) is 16.6. The predicted octanol–water partition coefficient (Wildman–Crippen LogP) is 8.53. The zero-order valence-corrected chi connectivity index (χ0v) is 23.2. The van der Waals surface area contributed by atoms with Crippen molar-refractivity contribution in [2.45, 2.75) is 100 Å². The van der Waals surface area contributed by atoms with E-state index in [1.807, 2.05) is 12.1 Å². The van der Waals surface area contributed by atoms with Crippen LogP contribution in [0.3, 0.4) is 0 Å². The maximum Gasteiger partial charge on any atom is 0.228 e. The van der Waals surface area contributed by atoms with Gasteiger partial charge in [-0.25, -0.2) is 0 Å². The average Bonchev–Trinajstić information content (AvgIpc) is 2.75. The van der Waals surface area contributed by atoms with Crippen LogP contribution in [0.2, 0.25) is 5.02 Å². The van der Waals surface area contributed by atoms with Gasteiger partial charge in [-0.3, -0.25) is 4.79 Å². The van der Waals surface area contributed by atoms with Crippen molar-refractivity contribution < 1.29 is 4.79 Å². The Morgan fingerprint density at radius 1 is 0.879 bits per heavy atom. The molecule has 0 fully saturated rings. The standard InChI is InChI=1S/C24H37Cl4N3OS/c1-2-3-4-5-6-7-8-9-10-11-12-13-18-21(32)30-22(24(26,27)28)31-23(33)29-20-17-15-14-16-19(20)25/h14-17,22H,2-13,18H2,1H3,(H,30,32)(H2,29,31,33). The van der Waals surface area contributed by atoms with Crippen LogP contribution >= 0.6 is 58.6 Å². The van der Waals surface area contributed by atoms with Crippen molar-refractivity contribution in [3.05, 3.63) is 29.3 Å². The third-order valence-electron chi connectivity index (χ3n) is 5.29. The van der Waals surface area contributed by atoms with Crippen molar-refractivity contribution in [3.63, 3.8) is 0 Å². The molecule has 3 N–H and O–H groups in total. The van der Waals surface area contributed by atoms with E-state index < -0.39 is 9.96 Å². The normalized spacial score (nSPS) is 12.3. The summed E-state index contributed by atoms with van der Waals surface area (Å²) in [5.74, 6) is -0.188. The topological polar surface area (TPSA) is 53.2 Å². The number of carbonyl (C=O) groups is 1. The summed E-state index contributed by atoms with van der Waals surface area (Å²) in [6.45, 7) is 2.25. The Balaban J connectivity index is 2.23. The number of thiocarbonyl (C=S) groups is 1. The molecule has 4 nitrogen and oxygen atoms in total. The number of hydrogen-bond acceptors (Lipinski definition) is 2. The van der Waals surface area contributed by atoms with E-state index in [2.05, 4.69) is 22.9 Å². The Hall–Kier alpha value is -0.460. The molecule has 1 unspecified atom stereocenters. The van der Waals surface area contributed by atoms with Gasteiger partial charge in [0, 0.05) is 6.42 Å². The number of halogens is 4. The third-order valence-corrected chi connectivity index (χ3v) is 6.49. The van der Waals surface area contributed by atoms with Gasteiger partial charge in [-0.15, -0.1) is 0 Å². The Labute approximate surface area is 224 Å². The number of amides is 1. The summed E-state index contributed by atoms with van der Waals surface area (Å²) in [7, 11) is 0. The highest BCUT2D eigenvalue weighted by molar-refractivity contribution is 7.80. The minimum absolute atomic E-state index is 0.185. The number of benzene rings is 1. The smallest absolute Gasteiger partial charge is 0.228 e. The van der Waals surface area contributed by atoms with Gasteiger partial charge in [0.1, 0.15) is 6.17 Å². The molecule has 1 aromatic rings. The number of alkyl halides is 3. The summed E-state index contributed by atoms with van der Waals surface area (Å²) in [6.07, 6.45) is 14.3. The van der Waals surface area contributed by atoms with E-state index in [1.54, 1.807) is 12.1 Å². The number of nitrogens with one attached hydrogen (secondary N) is 3. The highest BCUT2D eigenvalue weighted by atomic mass is 35.6. The van der Waals surface area contributed by atoms with E-state index in [0.717, 1.165) is 19.3 Å². The first-order valence-corrected chi connectivity index (χ1v) is 13.8. The van der Waals surface area contributed by atoms with Crippen molar-refractivity contribution in [2.75, 3.05) is 5.32 Å². The monoisotopic (exact) mass is 555 g/mol. The van der Waals surface area contributed by atoms with Gasteiger partial charge in [0.15, 0.2) is 5.11 Å². The number of para-hydroxylation sites is 1. The lowest BCUT2D eigenvalue weighted by atomic mass is 10.0. The van der Waals surface area contributed by atoms with E-state index >= 15 is 0 Å². The minimum atomic E-state index is -1.78. The van der Waals surface area contributed by atoms with Crippen LogP contribution in [-0.4, -0.2) is 21.0 Å². The summed E-state index contributed by atoms with van der Waals surface area (Å²) in [4.78, 5) is 12.4. The van der Waals surface area contributed by atoms with Crippen LogP contribution in [0.25, 0.3) is 0 Å². The fourth-order valence-corrected chi connectivity index (χ4v) is 4.15. The fraction of sp³-hybridized carbons (Fsp3) is 0.667. The molecule has 1 aromatic carbocycles. The third kappa shape index (κ3) is 15.2. The molecule has 0 aliphatic carbocycles. The molecule has 0 spiro atoms. The Bertz CT molecular complexity index is 701. The molecular weight excluding hydrogens is 520 g/mol. The van der Waals surface area contributed by atoms with Crippen LogP contribution in [-0.2, 0) is 4.79 Å². The van der Waals surface area contributed by atoms with Gasteiger partial charge in [-0.05, 0) is 30.8 Å². The Morgan fingerprint density at radius 2 is 1.39 bits per heavy atom. The van der Waals surface area contributed by atoms with Crippen LogP contribution in [0.1, 0.15) is 90.4 Å². The van der Waals surface area contributed by atoms with Gasteiger partial charge in [0.25, 0.3) is 0 Å². The molecule has 0 heterocycles. The average molecular weight is 557 g/mol. The Morgan fingerprint density at radius 3 is 1.91 bits per heavy atom. The van der Waals surface area contributed by atoms with Gasteiger partial charge < -0.3 is 16.0 Å². The molecule has 0 radical (unpaired) electrons. The van der Waals surface area contributed by atoms with Gasteiger partial charge in [0.2, 0.25) is 9.70 Å². The van der Waals surface area contributed by atoms with Gasteiger partial charge in [0.05, 0.1) is 10.7 Å². The van der Waals surface area contributed by atoms with Crippen LogP contribution in [0.15, 0.2) is 24.3 Å². The molecule has 0 saturated heterocycles. The minimum Gasteiger partial charge on any atom is -0.339 e. The summed E-state index contributed by atoms with van der Waals surface area (Å²) in [6, 6.07) is 7.13. The van der Waals surface area contributed by atoms with E-state index in [0.29, 0.717) is 17.1 Å². The lowest BCUT2D eigenvalue weighted by Gasteiger charge is -2.28. The largest absolute Gasteiger partial charge is 0.339 e. The second kappa shape index (κ2) is 17.9. The van der Waals surface area contributed by atoms with Crippen LogP contribution in [0.4, 0.5) is 5.69 Å². The quantitative estimate of drug-likeness (QED) is 0.0826. The molecule has 1 atom stereocenters. The van der Waals surface area contributed by atoms with Crippen molar-refractivity contribution in [1.82, 2.24) is 10.6 Å². The molecule has 1 amide bonds. The first-order chi connectivity index (χ1) is 15.7. The molecular formula is C24H37Cl4N3OS. The molecule has 0 bridgehead atoms. The zero-order valence-electron chi connectivity index (χ0n) is 19.4. The number of rotatable bonds is 16. The number of unbranched alkanes of at least 4 members (excludes halogenated alkanes) is 11. The summed E-state index contributed by atoms with van der Waals surface area (Å²) in [5, 5.41) is 9.19.